The van der Waals surface area contributed by atoms with Gasteiger partial charge in [0.25, 0.3) is 0 Å². The van der Waals surface area contributed by atoms with Crippen molar-refractivity contribution in [3.8, 4) is 5.75 Å². The first-order chi connectivity index (χ1) is 7.86. The predicted molar refractivity (Wildman–Crippen MR) is 65.8 cm³/mol. The van der Waals surface area contributed by atoms with E-state index >= 15 is 0 Å². The van der Waals surface area contributed by atoms with Gasteiger partial charge in [-0.2, -0.15) is 0 Å². The average molecular weight is 223 g/mol. The first-order valence-corrected chi connectivity index (χ1v) is 5.86. The molecule has 0 fully saturated rings. The molecule has 0 saturated heterocycles. The van der Waals surface area contributed by atoms with Crippen LogP contribution in [0.3, 0.4) is 0 Å². The zero-order valence-corrected chi connectivity index (χ0v) is 9.95. The lowest BCUT2D eigenvalue weighted by molar-refractivity contribution is 0.106. The van der Waals surface area contributed by atoms with Gasteiger partial charge in [-0.1, -0.05) is 25.5 Å². The van der Waals surface area contributed by atoms with Crippen LogP contribution in [0, 0.1) is 0 Å². The van der Waals surface area contributed by atoms with Gasteiger partial charge in [-0.25, -0.2) is 0 Å². The monoisotopic (exact) mass is 223 g/mol. The molecule has 3 nitrogen and oxygen atoms in total. The standard InChI is InChI=1S/C13H21NO2/c1-2-3-12-4-6-13(7-5-12)16-11-10-15-9-8-14/h4-7H,2-3,8-11,14H2,1H3. The molecular weight excluding hydrogens is 202 g/mol. The Kier molecular flexibility index (Phi) is 6.61. The molecule has 0 atom stereocenters. The number of benzene rings is 1. The molecule has 90 valence electrons. The van der Waals surface area contributed by atoms with Crippen LogP contribution in [0.25, 0.3) is 0 Å². The maximum absolute atomic E-state index is 5.52. The Morgan fingerprint density at radius 2 is 1.81 bits per heavy atom. The van der Waals surface area contributed by atoms with Crippen LogP contribution in [0.1, 0.15) is 18.9 Å². The van der Waals surface area contributed by atoms with Gasteiger partial charge in [-0.15, -0.1) is 0 Å². The Morgan fingerprint density at radius 3 is 2.44 bits per heavy atom. The maximum atomic E-state index is 5.52. The molecular formula is C13H21NO2. The summed E-state index contributed by atoms with van der Waals surface area (Å²) in [6.45, 7) is 4.50. The summed E-state index contributed by atoms with van der Waals surface area (Å²) in [5, 5.41) is 0. The second kappa shape index (κ2) is 8.13. The van der Waals surface area contributed by atoms with Gasteiger partial charge in [-0.3, -0.25) is 0 Å². The van der Waals surface area contributed by atoms with Crippen LogP contribution in [0.15, 0.2) is 24.3 Å². The van der Waals surface area contributed by atoms with E-state index in [1.165, 1.54) is 12.0 Å². The third-order valence-electron chi connectivity index (χ3n) is 2.22. The smallest absolute Gasteiger partial charge is 0.119 e. The zero-order chi connectivity index (χ0) is 11.6. The van der Waals surface area contributed by atoms with Gasteiger partial charge in [0.05, 0.1) is 13.2 Å². The molecule has 0 aliphatic carbocycles. The van der Waals surface area contributed by atoms with Gasteiger partial charge in [0.2, 0.25) is 0 Å². The van der Waals surface area contributed by atoms with Crippen molar-refractivity contribution in [1.29, 1.82) is 0 Å². The molecule has 1 aromatic rings. The fourth-order valence-electron chi connectivity index (χ4n) is 1.44. The van der Waals surface area contributed by atoms with Gasteiger partial charge in [0, 0.05) is 6.54 Å². The molecule has 0 bridgehead atoms. The van der Waals surface area contributed by atoms with Crippen molar-refractivity contribution in [3.63, 3.8) is 0 Å². The summed E-state index contributed by atoms with van der Waals surface area (Å²) in [4.78, 5) is 0. The summed E-state index contributed by atoms with van der Waals surface area (Å²) in [5.74, 6) is 0.899. The van der Waals surface area contributed by atoms with Crippen LogP contribution in [0.2, 0.25) is 0 Å². The van der Waals surface area contributed by atoms with E-state index < -0.39 is 0 Å². The molecule has 1 aromatic carbocycles. The summed E-state index contributed by atoms with van der Waals surface area (Å²) >= 11 is 0. The van der Waals surface area contributed by atoms with Gasteiger partial charge in [0.1, 0.15) is 12.4 Å². The number of hydrogen-bond donors (Lipinski definition) is 1. The van der Waals surface area contributed by atoms with Crippen molar-refractivity contribution < 1.29 is 9.47 Å². The quantitative estimate of drug-likeness (QED) is 0.685. The van der Waals surface area contributed by atoms with E-state index in [1.807, 2.05) is 12.1 Å². The highest BCUT2D eigenvalue weighted by Crippen LogP contribution is 2.13. The third-order valence-corrected chi connectivity index (χ3v) is 2.22. The molecule has 0 unspecified atom stereocenters. The van der Waals surface area contributed by atoms with Crippen LogP contribution in [-0.4, -0.2) is 26.4 Å². The van der Waals surface area contributed by atoms with Crippen molar-refractivity contribution in [2.75, 3.05) is 26.4 Å². The van der Waals surface area contributed by atoms with Gasteiger partial charge in [0.15, 0.2) is 0 Å². The van der Waals surface area contributed by atoms with E-state index in [-0.39, 0.29) is 0 Å². The Bertz CT molecular complexity index is 272. The van der Waals surface area contributed by atoms with Crippen molar-refractivity contribution >= 4 is 0 Å². The van der Waals surface area contributed by atoms with E-state index in [0.717, 1.165) is 12.2 Å². The number of hydrogen-bond acceptors (Lipinski definition) is 3. The summed E-state index contributed by atoms with van der Waals surface area (Å²) in [6, 6.07) is 8.24. The molecule has 0 aliphatic heterocycles. The van der Waals surface area contributed by atoms with E-state index in [0.29, 0.717) is 26.4 Å². The van der Waals surface area contributed by atoms with E-state index in [4.69, 9.17) is 15.2 Å². The van der Waals surface area contributed by atoms with Crippen LogP contribution in [0.4, 0.5) is 0 Å². The predicted octanol–water partition coefficient (Wildman–Crippen LogP) is 1.99. The fourth-order valence-corrected chi connectivity index (χ4v) is 1.44. The first kappa shape index (κ1) is 13.0. The minimum Gasteiger partial charge on any atom is -0.491 e. The first-order valence-electron chi connectivity index (χ1n) is 5.86. The molecule has 1 rings (SSSR count). The highest BCUT2D eigenvalue weighted by Gasteiger charge is 1.95. The maximum Gasteiger partial charge on any atom is 0.119 e. The van der Waals surface area contributed by atoms with E-state index in [1.54, 1.807) is 0 Å². The van der Waals surface area contributed by atoms with Gasteiger partial charge >= 0.3 is 0 Å². The summed E-state index contributed by atoms with van der Waals surface area (Å²) in [5.41, 5.74) is 6.66. The second-order valence-electron chi connectivity index (χ2n) is 3.64. The largest absolute Gasteiger partial charge is 0.491 e. The Balaban J connectivity index is 2.21. The van der Waals surface area contributed by atoms with Gasteiger partial charge in [-0.05, 0) is 24.1 Å². The average Bonchev–Trinajstić information content (AvgIpc) is 2.31. The minimum absolute atomic E-state index is 0.561. The molecule has 0 radical (unpaired) electrons. The molecule has 0 aliphatic rings. The van der Waals surface area contributed by atoms with Crippen molar-refractivity contribution in [1.82, 2.24) is 0 Å². The second-order valence-corrected chi connectivity index (χ2v) is 3.64. The lowest BCUT2D eigenvalue weighted by atomic mass is 10.1. The van der Waals surface area contributed by atoms with Crippen LogP contribution >= 0.6 is 0 Å². The lowest BCUT2D eigenvalue weighted by Gasteiger charge is -2.07. The SMILES string of the molecule is CCCc1ccc(OCCOCCN)cc1. The van der Waals surface area contributed by atoms with E-state index in [9.17, 15) is 0 Å². The molecule has 3 heteroatoms. The summed E-state index contributed by atoms with van der Waals surface area (Å²) < 4.78 is 10.7. The minimum atomic E-state index is 0.561. The molecule has 0 spiro atoms. The van der Waals surface area contributed by atoms with Crippen LogP contribution < -0.4 is 10.5 Å². The normalized spacial score (nSPS) is 10.4. The van der Waals surface area contributed by atoms with Crippen molar-refractivity contribution in [2.45, 2.75) is 19.8 Å². The molecule has 0 heterocycles. The molecule has 2 N–H and O–H groups in total. The van der Waals surface area contributed by atoms with E-state index in [2.05, 4.69) is 19.1 Å². The number of ether oxygens (including phenoxy) is 2. The fraction of sp³-hybridized carbons (Fsp3) is 0.538. The summed E-state index contributed by atoms with van der Waals surface area (Å²) in [7, 11) is 0. The topological polar surface area (TPSA) is 44.5 Å². The highest BCUT2D eigenvalue weighted by molar-refractivity contribution is 5.27. The Morgan fingerprint density at radius 1 is 1.06 bits per heavy atom. The molecule has 0 saturated carbocycles. The number of rotatable bonds is 8. The molecule has 0 amide bonds. The molecule has 16 heavy (non-hydrogen) atoms. The number of aryl methyl sites for hydroxylation is 1. The summed E-state index contributed by atoms with van der Waals surface area (Å²) in [6.07, 6.45) is 2.30. The Hall–Kier alpha value is -1.06. The third kappa shape index (κ3) is 5.14. The lowest BCUT2D eigenvalue weighted by Crippen LogP contribution is -2.13. The van der Waals surface area contributed by atoms with Crippen molar-refractivity contribution in [3.05, 3.63) is 29.8 Å². The Labute approximate surface area is 97.6 Å². The molecule has 0 aromatic heterocycles. The highest BCUT2D eigenvalue weighted by atomic mass is 16.5. The van der Waals surface area contributed by atoms with Gasteiger partial charge < -0.3 is 15.2 Å². The van der Waals surface area contributed by atoms with Crippen LogP contribution in [-0.2, 0) is 11.2 Å². The zero-order valence-electron chi connectivity index (χ0n) is 9.95. The number of nitrogens with two attached hydrogens (primary N) is 1. The van der Waals surface area contributed by atoms with Crippen molar-refractivity contribution in [2.24, 2.45) is 5.73 Å². The van der Waals surface area contributed by atoms with Crippen LogP contribution in [0.5, 0.6) is 5.75 Å².